The van der Waals surface area contributed by atoms with Crippen LogP contribution in [0.15, 0.2) is 42.5 Å². The van der Waals surface area contributed by atoms with Crippen LogP contribution in [-0.4, -0.2) is 22.8 Å². The van der Waals surface area contributed by atoms with Crippen LogP contribution in [0.5, 0.6) is 0 Å². The Balaban J connectivity index is 2.32. The van der Waals surface area contributed by atoms with Crippen molar-refractivity contribution in [2.24, 2.45) is 0 Å². The first kappa shape index (κ1) is 17.5. The molecule has 0 heterocycles. The van der Waals surface area contributed by atoms with Crippen molar-refractivity contribution in [1.82, 2.24) is 0 Å². The maximum absolute atomic E-state index is 11.9. The van der Waals surface area contributed by atoms with Gasteiger partial charge in [-0.2, -0.15) is 0 Å². The molecule has 126 valence electrons. The molecule has 0 saturated carbocycles. The first-order chi connectivity index (χ1) is 11.2. The van der Waals surface area contributed by atoms with Crippen LogP contribution in [0, 0.1) is 6.92 Å². The number of carboxylic acid groups (broad SMARTS) is 1. The van der Waals surface area contributed by atoms with Gasteiger partial charge in [-0.1, -0.05) is 29.8 Å². The second-order valence-corrected chi connectivity index (χ2v) is 6.56. The van der Waals surface area contributed by atoms with Gasteiger partial charge in [0.2, 0.25) is 0 Å². The average Bonchev–Trinajstić information content (AvgIpc) is 2.45. The van der Waals surface area contributed by atoms with Crippen molar-refractivity contribution in [1.29, 1.82) is 0 Å². The molecule has 5 heteroatoms. The van der Waals surface area contributed by atoms with E-state index >= 15 is 0 Å². The van der Waals surface area contributed by atoms with Crippen molar-refractivity contribution in [2.45, 2.75) is 33.3 Å². The molecule has 2 aromatic carbocycles. The van der Waals surface area contributed by atoms with E-state index in [9.17, 15) is 14.7 Å². The third-order valence-electron chi connectivity index (χ3n) is 3.22. The van der Waals surface area contributed by atoms with Gasteiger partial charge in [-0.05, 0) is 57.0 Å². The molecule has 0 aliphatic rings. The van der Waals surface area contributed by atoms with Crippen LogP contribution in [0.1, 0.15) is 36.7 Å². The summed E-state index contributed by atoms with van der Waals surface area (Å²) in [6.07, 6.45) is -0.554. The Morgan fingerprint density at radius 2 is 1.79 bits per heavy atom. The van der Waals surface area contributed by atoms with E-state index in [4.69, 9.17) is 4.74 Å². The molecule has 2 aromatic rings. The molecule has 0 radical (unpaired) electrons. The summed E-state index contributed by atoms with van der Waals surface area (Å²) in [6.45, 7) is 7.20. The van der Waals surface area contributed by atoms with E-state index in [1.165, 1.54) is 0 Å². The highest BCUT2D eigenvalue weighted by Crippen LogP contribution is 2.27. The molecule has 0 fully saturated rings. The number of amides is 1. The van der Waals surface area contributed by atoms with Crippen molar-refractivity contribution in [3.63, 3.8) is 0 Å². The quantitative estimate of drug-likeness (QED) is 0.856. The van der Waals surface area contributed by atoms with Gasteiger partial charge in [0.15, 0.2) is 0 Å². The minimum absolute atomic E-state index is 0.226. The lowest BCUT2D eigenvalue weighted by molar-refractivity contribution is 0.0634. The number of rotatable bonds is 3. The first-order valence-electron chi connectivity index (χ1n) is 7.60. The second kappa shape index (κ2) is 6.74. The maximum atomic E-state index is 11.9. The van der Waals surface area contributed by atoms with Crippen LogP contribution in [0.3, 0.4) is 0 Å². The zero-order chi connectivity index (χ0) is 17.9. The van der Waals surface area contributed by atoms with E-state index in [-0.39, 0.29) is 5.56 Å². The van der Waals surface area contributed by atoms with Gasteiger partial charge < -0.3 is 9.84 Å². The fourth-order valence-corrected chi connectivity index (χ4v) is 2.27. The van der Waals surface area contributed by atoms with Crippen molar-refractivity contribution < 1.29 is 19.4 Å². The van der Waals surface area contributed by atoms with Crippen LogP contribution in [0.2, 0.25) is 0 Å². The summed E-state index contributed by atoms with van der Waals surface area (Å²) in [5, 5.41) is 12.1. The number of benzene rings is 2. The number of carbonyl (C=O) groups is 2. The average molecular weight is 327 g/mol. The lowest BCUT2D eigenvalue weighted by Crippen LogP contribution is -2.27. The Kier molecular flexibility index (Phi) is 4.93. The number of hydrogen-bond acceptors (Lipinski definition) is 3. The molecule has 5 nitrogen and oxygen atoms in total. The van der Waals surface area contributed by atoms with E-state index in [0.717, 1.165) is 5.56 Å². The summed E-state index contributed by atoms with van der Waals surface area (Å²) in [5.41, 5.74) is 2.36. The van der Waals surface area contributed by atoms with Crippen LogP contribution < -0.4 is 5.32 Å². The number of carboxylic acids is 1. The number of aromatic carboxylic acids is 1. The SMILES string of the molecule is Cc1ccc(-c2cccc(NC(=O)OC(C)(C)C)c2)c(C(=O)O)c1. The topological polar surface area (TPSA) is 75.6 Å². The molecule has 0 atom stereocenters. The Morgan fingerprint density at radius 3 is 2.42 bits per heavy atom. The summed E-state index contributed by atoms with van der Waals surface area (Å²) in [6, 6.07) is 12.3. The van der Waals surface area contributed by atoms with Gasteiger partial charge in [-0.3, -0.25) is 5.32 Å². The molecular formula is C19H21NO4. The molecule has 0 aliphatic carbocycles. The molecule has 1 amide bonds. The lowest BCUT2D eigenvalue weighted by Gasteiger charge is -2.19. The fraction of sp³-hybridized carbons (Fsp3) is 0.263. The zero-order valence-corrected chi connectivity index (χ0v) is 14.2. The van der Waals surface area contributed by atoms with Crippen molar-refractivity contribution in [3.8, 4) is 11.1 Å². The zero-order valence-electron chi connectivity index (χ0n) is 14.2. The normalized spacial score (nSPS) is 11.0. The van der Waals surface area contributed by atoms with E-state index in [1.54, 1.807) is 57.2 Å². The molecule has 0 spiro atoms. The molecule has 24 heavy (non-hydrogen) atoms. The smallest absolute Gasteiger partial charge is 0.412 e. The van der Waals surface area contributed by atoms with E-state index < -0.39 is 17.7 Å². The molecule has 0 bridgehead atoms. The van der Waals surface area contributed by atoms with Gasteiger partial charge in [0, 0.05) is 5.69 Å². The minimum atomic E-state index is -0.987. The predicted molar refractivity (Wildman–Crippen MR) is 93.4 cm³/mol. The summed E-state index contributed by atoms with van der Waals surface area (Å²) in [7, 11) is 0. The van der Waals surface area contributed by atoms with Crippen molar-refractivity contribution >= 4 is 17.7 Å². The van der Waals surface area contributed by atoms with Crippen LogP contribution in [0.4, 0.5) is 10.5 Å². The number of hydrogen-bond donors (Lipinski definition) is 2. The molecular weight excluding hydrogens is 306 g/mol. The van der Waals surface area contributed by atoms with Gasteiger partial charge in [0.05, 0.1) is 5.56 Å². The van der Waals surface area contributed by atoms with Gasteiger partial charge in [0.1, 0.15) is 5.60 Å². The van der Waals surface area contributed by atoms with Gasteiger partial charge in [0.25, 0.3) is 0 Å². The highest BCUT2D eigenvalue weighted by Gasteiger charge is 2.17. The highest BCUT2D eigenvalue weighted by molar-refractivity contribution is 5.97. The molecule has 0 aromatic heterocycles. The van der Waals surface area contributed by atoms with Gasteiger partial charge >= 0.3 is 12.1 Å². The number of anilines is 1. The number of aryl methyl sites for hydroxylation is 1. The molecule has 0 saturated heterocycles. The largest absolute Gasteiger partial charge is 0.478 e. The summed E-state index contributed by atoms with van der Waals surface area (Å²) in [5.74, 6) is -0.987. The number of nitrogens with one attached hydrogen (secondary N) is 1. The van der Waals surface area contributed by atoms with Gasteiger partial charge in [-0.15, -0.1) is 0 Å². The van der Waals surface area contributed by atoms with Crippen LogP contribution in [-0.2, 0) is 4.74 Å². The standard InChI is InChI=1S/C19H21NO4/c1-12-8-9-15(16(10-12)17(21)22)13-6-5-7-14(11-13)20-18(23)24-19(2,3)4/h5-11H,1-4H3,(H,20,23)(H,21,22). The highest BCUT2D eigenvalue weighted by atomic mass is 16.6. The van der Waals surface area contributed by atoms with Gasteiger partial charge in [-0.25, -0.2) is 9.59 Å². The van der Waals surface area contributed by atoms with E-state index in [1.807, 2.05) is 13.0 Å². The molecule has 0 unspecified atom stereocenters. The second-order valence-electron chi connectivity index (χ2n) is 6.56. The Bertz CT molecular complexity index is 775. The Hall–Kier alpha value is -2.82. The summed E-state index contributed by atoms with van der Waals surface area (Å²) in [4.78, 5) is 23.3. The third kappa shape index (κ3) is 4.59. The summed E-state index contributed by atoms with van der Waals surface area (Å²) >= 11 is 0. The fourth-order valence-electron chi connectivity index (χ4n) is 2.27. The van der Waals surface area contributed by atoms with Crippen molar-refractivity contribution in [2.75, 3.05) is 5.32 Å². The maximum Gasteiger partial charge on any atom is 0.412 e. The summed E-state index contributed by atoms with van der Waals surface area (Å²) < 4.78 is 5.22. The minimum Gasteiger partial charge on any atom is -0.478 e. The third-order valence-corrected chi connectivity index (χ3v) is 3.22. The molecule has 2 N–H and O–H groups in total. The lowest BCUT2D eigenvalue weighted by atomic mass is 9.97. The monoisotopic (exact) mass is 327 g/mol. The predicted octanol–water partition coefficient (Wildman–Crippen LogP) is 4.71. The molecule has 2 rings (SSSR count). The van der Waals surface area contributed by atoms with Crippen LogP contribution in [0.25, 0.3) is 11.1 Å². The number of ether oxygens (including phenoxy) is 1. The number of carbonyl (C=O) groups excluding carboxylic acids is 1. The van der Waals surface area contributed by atoms with Crippen LogP contribution >= 0.6 is 0 Å². The Labute approximate surface area is 141 Å². The van der Waals surface area contributed by atoms with Crippen molar-refractivity contribution in [3.05, 3.63) is 53.6 Å². The van der Waals surface area contributed by atoms with E-state index in [2.05, 4.69) is 5.32 Å². The Morgan fingerprint density at radius 1 is 1.08 bits per heavy atom. The molecule has 0 aliphatic heterocycles. The first-order valence-corrected chi connectivity index (χ1v) is 7.60. The van der Waals surface area contributed by atoms with E-state index in [0.29, 0.717) is 16.8 Å².